The number of halogens is 5. The molecule has 0 saturated carbocycles. The molecule has 0 heterocycles. The number of hydrogen-bond donors (Lipinski definition) is 1. The van der Waals surface area contributed by atoms with Crippen LogP contribution in [0, 0.1) is 11.6 Å². The predicted molar refractivity (Wildman–Crippen MR) is 46.5 cm³/mol. The number of alkyl halides is 2. The molecule has 0 fully saturated rings. The van der Waals surface area contributed by atoms with E-state index in [4.69, 9.17) is 5.73 Å². The number of benzene rings is 1. The maximum absolute atomic E-state index is 12.8. The van der Waals surface area contributed by atoms with E-state index in [1.807, 2.05) is 0 Å². The van der Waals surface area contributed by atoms with Gasteiger partial charge in [0.25, 0.3) is 6.43 Å². The third kappa shape index (κ3) is 2.59. The minimum atomic E-state index is -2.91. The van der Waals surface area contributed by atoms with Crippen molar-refractivity contribution >= 4 is 12.4 Å². The molecular formula is C8H8ClF4N. The molecule has 1 atom stereocenters. The van der Waals surface area contributed by atoms with Crippen LogP contribution in [-0.2, 0) is 0 Å². The van der Waals surface area contributed by atoms with Gasteiger partial charge in [0.2, 0.25) is 0 Å². The maximum atomic E-state index is 12.8. The molecule has 0 spiro atoms. The van der Waals surface area contributed by atoms with E-state index in [1.165, 1.54) is 0 Å². The molecular weight excluding hydrogens is 222 g/mol. The molecule has 1 aromatic carbocycles. The van der Waals surface area contributed by atoms with Crippen molar-refractivity contribution in [2.75, 3.05) is 0 Å². The monoisotopic (exact) mass is 229 g/mol. The quantitative estimate of drug-likeness (QED) is 0.776. The Bertz CT molecular complexity index is 305. The summed E-state index contributed by atoms with van der Waals surface area (Å²) < 4.78 is 49.4. The van der Waals surface area contributed by atoms with Gasteiger partial charge in [-0.3, -0.25) is 0 Å². The van der Waals surface area contributed by atoms with Crippen LogP contribution in [0.1, 0.15) is 11.6 Å². The van der Waals surface area contributed by atoms with Crippen LogP contribution in [0.25, 0.3) is 0 Å². The lowest BCUT2D eigenvalue weighted by atomic mass is 10.1. The van der Waals surface area contributed by atoms with Crippen molar-refractivity contribution < 1.29 is 17.6 Å². The van der Waals surface area contributed by atoms with Gasteiger partial charge in [-0.2, -0.15) is 0 Å². The van der Waals surface area contributed by atoms with Gasteiger partial charge in [0.1, 0.15) is 0 Å². The van der Waals surface area contributed by atoms with E-state index < -0.39 is 29.7 Å². The summed E-state index contributed by atoms with van der Waals surface area (Å²) in [7, 11) is 0. The second-order valence-corrected chi connectivity index (χ2v) is 2.50. The zero-order valence-corrected chi connectivity index (χ0v) is 7.70. The fraction of sp³-hybridized carbons (Fsp3) is 0.250. The van der Waals surface area contributed by atoms with Crippen LogP contribution in [-0.4, -0.2) is 6.43 Å². The van der Waals surface area contributed by atoms with Gasteiger partial charge in [-0.15, -0.1) is 12.4 Å². The summed E-state index contributed by atoms with van der Waals surface area (Å²) in [5.74, 6) is -2.48. The Balaban J connectivity index is 0.00000169. The average molecular weight is 230 g/mol. The van der Waals surface area contributed by atoms with Crippen LogP contribution >= 0.6 is 12.4 Å². The second-order valence-electron chi connectivity index (χ2n) is 2.50. The minimum absolute atomic E-state index is 0. The van der Waals surface area contributed by atoms with Gasteiger partial charge in [0.15, 0.2) is 11.6 Å². The highest BCUT2D eigenvalue weighted by molar-refractivity contribution is 5.85. The Morgan fingerprint density at radius 3 is 2.21 bits per heavy atom. The van der Waals surface area contributed by atoms with E-state index in [1.54, 1.807) is 0 Å². The lowest BCUT2D eigenvalue weighted by Gasteiger charge is -2.11. The molecule has 0 aliphatic heterocycles. The highest BCUT2D eigenvalue weighted by Gasteiger charge is 2.22. The molecule has 0 aliphatic carbocycles. The van der Waals surface area contributed by atoms with Crippen molar-refractivity contribution in [2.24, 2.45) is 5.73 Å². The second kappa shape index (κ2) is 5.17. The molecule has 0 amide bonds. The van der Waals surface area contributed by atoms with E-state index in [-0.39, 0.29) is 12.4 Å². The molecule has 0 aliphatic rings. The molecule has 2 N–H and O–H groups in total. The molecule has 0 bridgehead atoms. The molecule has 1 aromatic rings. The largest absolute Gasteiger partial charge is 0.319 e. The number of rotatable bonds is 2. The topological polar surface area (TPSA) is 26.0 Å². The highest BCUT2D eigenvalue weighted by Crippen LogP contribution is 2.22. The lowest BCUT2D eigenvalue weighted by Crippen LogP contribution is -2.20. The van der Waals surface area contributed by atoms with Crippen molar-refractivity contribution in [1.29, 1.82) is 0 Å². The normalized spacial score (nSPS) is 12.4. The van der Waals surface area contributed by atoms with Crippen LogP contribution in [0.3, 0.4) is 0 Å². The van der Waals surface area contributed by atoms with Crippen molar-refractivity contribution in [1.82, 2.24) is 0 Å². The molecule has 0 saturated heterocycles. The molecule has 80 valence electrons. The molecule has 0 radical (unpaired) electrons. The molecule has 6 heteroatoms. The summed E-state index contributed by atoms with van der Waals surface area (Å²) in [6.07, 6.45) is -2.91. The van der Waals surface area contributed by atoms with Crippen molar-refractivity contribution in [3.63, 3.8) is 0 Å². The van der Waals surface area contributed by atoms with E-state index in [0.717, 1.165) is 18.2 Å². The first kappa shape index (κ1) is 13.2. The fourth-order valence-electron chi connectivity index (χ4n) is 0.914. The van der Waals surface area contributed by atoms with Gasteiger partial charge in [-0.25, -0.2) is 17.6 Å². The van der Waals surface area contributed by atoms with Crippen molar-refractivity contribution in [2.45, 2.75) is 12.5 Å². The first-order chi connectivity index (χ1) is 6.04. The summed E-state index contributed by atoms with van der Waals surface area (Å²) in [5, 5.41) is 0. The average Bonchev–Trinajstić information content (AvgIpc) is 2.08. The molecule has 1 rings (SSSR count). The number of nitrogens with two attached hydrogens (primary N) is 1. The van der Waals surface area contributed by atoms with Crippen LogP contribution in [0.2, 0.25) is 0 Å². The first-order valence-electron chi connectivity index (χ1n) is 3.51. The Kier molecular flexibility index (Phi) is 4.87. The van der Waals surface area contributed by atoms with Gasteiger partial charge in [-0.1, -0.05) is 12.1 Å². The summed E-state index contributed by atoms with van der Waals surface area (Å²) in [5.41, 5.74) is 4.45. The minimum Gasteiger partial charge on any atom is -0.319 e. The predicted octanol–water partition coefficient (Wildman–Crippen LogP) is 2.65. The lowest BCUT2D eigenvalue weighted by molar-refractivity contribution is 0.114. The summed E-state index contributed by atoms with van der Waals surface area (Å²) in [6.45, 7) is 0. The third-order valence-electron chi connectivity index (χ3n) is 1.61. The van der Waals surface area contributed by atoms with E-state index in [9.17, 15) is 17.6 Å². The Morgan fingerprint density at radius 1 is 1.14 bits per heavy atom. The van der Waals surface area contributed by atoms with Crippen LogP contribution in [0.5, 0.6) is 0 Å². The first-order valence-corrected chi connectivity index (χ1v) is 3.51. The fourth-order valence-corrected chi connectivity index (χ4v) is 0.914. The molecule has 0 aromatic heterocycles. The SMILES string of the molecule is Cl.N[C@@H](c1cccc(F)c1F)C(F)F. The highest BCUT2D eigenvalue weighted by atomic mass is 35.5. The molecule has 1 nitrogen and oxygen atoms in total. The van der Waals surface area contributed by atoms with Gasteiger partial charge in [0.05, 0.1) is 6.04 Å². The van der Waals surface area contributed by atoms with E-state index >= 15 is 0 Å². The smallest absolute Gasteiger partial charge is 0.257 e. The molecule has 0 unspecified atom stereocenters. The van der Waals surface area contributed by atoms with Crippen LogP contribution < -0.4 is 5.73 Å². The van der Waals surface area contributed by atoms with Crippen LogP contribution in [0.4, 0.5) is 17.6 Å². The van der Waals surface area contributed by atoms with Gasteiger partial charge < -0.3 is 5.73 Å². The maximum Gasteiger partial charge on any atom is 0.257 e. The zero-order chi connectivity index (χ0) is 10.0. The summed E-state index contributed by atoms with van der Waals surface area (Å²) >= 11 is 0. The standard InChI is InChI=1S/C8H7F4N.ClH/c9-5-3-1-2-4(6(5)10)7(13)8(11)12;/h1-3,7-8H,13H2;1H/t7-;/m0./s1. The van der Waals surface area contributed by atoms with Gasteiger partial charge >= 0.3 is 0 Å². The Morgan fingerprint density at radius 2 is 1.71 bits per heavy atom. The Hall–Kier alpha value is -0.810. The van der Waals surface area contributed by atoms with Crippen LogP contribution in [0.15, 0.2) is 18.2 Å². The van der Waals surface area contributed by atoms with Crippen molar-refractivity contribution in [3.8, 4) is 0 Å². The van der Waals surface area contributed by atoms with Crippen molar-refractivity contribution in [3.05, 3.63) is 35.4 Å². The van der Waals surface area contributed by atoms with Gasteiger partial charge in [0, 0.05) is 5.56 Å². The van der Waals surface area contributed by atoms with E-state index in [2.05, 4.69) is 0 Å². The van der Waals surface area contributed by atoms with E-state index in [0.29, 0.717) is 0 Å². The summed E-state index contributed by atoms with van der Waals surface area (Å²) in [6, 6.07) is 1.23. The third-order valence-corrected chi connectivity index (χ3v) is 1.61. The Labute approximate surface area is 84.3 Å². The van der Waals surface area contributed by atoms with Gasteiger partial charge in [-0.05, 0) is 6.07 Å². The molecule has 14 heavy (non-hydrogen) atoms. The summed E-state index contributed by atoms with van der Waals surface area (Å²) in [4.78, 5) is 0. The number of hydrogen-bond acceptors (Lipinski definition) is 1. The zero-order valence-electron chi connectivity index (χ0n) is 6.88.